The van der Waals surface area contributed by atoms with E-state index in [1.807, 2.05) is 19.4 Å². The quantitative estimate of drug-likeness (QED) is 0.921. The molecule has 0 saturated heterocycles. The molecule has 15 heavy (non-hydrogen) atoms. The van der Waals surface area contributed by atoms with Crippen molar-refractivity contribution in [2.75, 3.05) is 7.05 Å². The largest absolute Gasteiger partial charge is 0.316 e. The van der Waals surface area contributed by atoms with Crippen LogP contribution in [0.15, 0.2) is 35.3 Å². The summed E-state index contributed by atoms with van der Waals surface area (Å²) in [5.74, 6) is 0. The van der Waals surface area contributed by atoms with Gasteiger partial charge >= 0.3 is 0 Å². The molecule has 0 radical (unpaired) electrons. The maximum absolute atomic E-state index is 4.20. The van der Waals surface area contributed by atoms with Crippen molar-refractivity contribution < 1.29 is 0 Å². The van der Waals surface area contributed by atoms with Crippen molar-refractivity contribution in [2.24, 2.45) is 0 Å². The first-order valence-electron chi connectivity index (χ1n) is 4.58. The SMILES string of the molecule is CNCc1cncc(-n2cc(Br)cn2)c1. The minimum absolute atomic E-state index is 0.809. The number of nitrogens with one attached hydrogen (secondary N) is 1. The van der Waals surface area contributed by atoms with Gasteiger partial charge in [-0.05, 0) is 34.6 Å². The third-order valence-electron chi connectivity index (χ3n) is 1.98. The molecule has 0 aliphatic rings. The van der Waals surface area contributed by atoms with Gasteiger partial charge in [-0.25, -0.2) is 4.68 Å². The first kappa shape index (κ1) is 10.3. The predicted octanol–water partition coefficient (Wildman–Crippen LogP) is 1.75. The molecular weight excluding hydrogens is 256 g/mol. The Labute approximate surface area is 96.5 Å². The number of rotatable bonds is 3. The summed E-state index contributed by atoms with van der Waals surface area (Å²) >= 11 is 3.36. The van der Waals surface area contributed by atoms with Crippen LogP contribution in [0.3, 0.4) is 0 Å². The van der Waals surface area contributed by atoms with Crippen molar-refractivity contribution in [3.05, 3.63) is 40.9 Å². The molecule has 0 aliphatic heterocycles. The lowest BCUT2D eigenvalue weighted by Gasteiger charge is -2.03. The third-order valence-corrected chi connectivity index (χ3v) is 2.39. The summed E-state index contributed by atoms with van der Waals surface area (Å²) in [5, 5.41) is 7.29. The van der Waals surface area contributed by atoms with Gasteiger partial charge < -0.3 is 5.32 Å². The van der Waals surface area contributed by atoms with Crippen molar-refractivity contribution in [3.63, 3.8) is 0 Å². The van der Waals surface area contributed by atoms with Crippen LogP contribution in [0.4, 0.5) is 0 Å². The Kier molecular flexibility index (Phi) is 3.13. The Balaban J connectivity index is 2.32. The zero-order valence-electron chi connectivity index (χ0n) is 8.31. The van der Waals surface area contributed by atoms with Gasteiger partial charge in [0.05, 0.1) is 22.6 Å². The molecule has 0 fully saturated rings. The molecule has 0 bridgehead atoms. The average Bonchev–Trinajstić information content (AvgIpc) is 2.66. The normalized spacial score (nSPS) is 10.5. The van der Waals surface area contributed by atoms with E-state index < -0.39 is 0 Å². The molecule has 0 amide bonds. The molecule has 2 aromatic heterocycles. The molecule has 0 aliphatic carbocycles. The summed E-state index contributed by atoms with van der Waals surface area (Å²) in [5.41, 5.74) is 2.11. The first-order chi connectivity index (χ1) is 7.29. The Morgan fingerprint density at radius 1 is 1.40 bits per heavy atom. The molecule has 1 N–H and O–H groups in total. The van der Waals surface area contributed by atoms with Crippen molar-refractivity contribution in [1.29, 1.82) is 0 Å². The molecule has 78 valence electrons. The molecule has 0 aromatic carbocycles. The summed E-state index contributed by atoms with van der Waals surface area (Å²) < 4.78 is 2.75. The minimum atomic E-state index is 0.809. The highest BCUT2D eigenvalue weighted by Crippen LogP contribution is 2.12. The molecule has 2 heterocycles. The smallest absolute Gasteiger partial charge is 0.0832 e. The summed E-state index contributed by atoms with van der Waals surface area (Å²) in [6.45, 7) is 0.809. The van der Waals surface area contributed by atoms with Gasteiger partial charge in [0.15, 0.2) is 0 Å². The number of aromatic nitrogens is 3. The highest BCUT2D eigenvalue weighted by Gasteiger charge is 2.00. The Morgan fingerprint density at radius 3 is 2.93 bits per heavy atom. The van der Waals surface area contributed by atoms with E-state index in [1.165, 1.54) is 0 Å². The molecule has 4 nitrogen and oxygen atoms in total. The summed E-state index contributed by atoms with van der Waals surface area (Å²) in [7, 11) is 1.91. The lowest BCUT2D eigenvalue weighted by molar-refractivity contribution is 0.804. The summed E-state index contributed by atoms with van der Waals surface area (Å²) in [6, 6.07) is 2.06. The molecule has 0 saturated carbocycles. The van der Waals surface area contributed by atoms with E-state index in [9.17, 15) is 0 Å². The number of hydrogen-bond donors (Lipinski definition) is 1. The van der Waals surface area contributed by atoms with Crippen molar-refractivity contribution in [3.8, 4) is 5.69 Å². The van der Waals surface area contributed by atoms with Crippen molar-refractivity contribution >= 4 is 15.9 Å². The highest BCUT2D eigenvalue weighted by atomic mass is 79.9. The van der Waals surface area contributed by atoms with Crippen LogP contribution in [0, 0.1) is 0 Å². The lowest BCUT2D eigenvalue weighted by Crippen LogP contribution is -2.06. The number of hydrogen-bond acceptors (Lipinski definition) is 3. The Morgan fingerprint density at radius 2 is 2.27 bits per heavy atom. The predicted molar refractivity (Wildman–Crippen MR) is 61.8 cm³/mol. The van der Waals surface area contributed by atoms with Gasteiger partial charge in [0, 0.05) is 18.9 Å². The van der Waals surface area contributed by atoms with E-state index in [1.54, 1.807) is 17.1 Å². The lowest BCUT2D eigenvalue weighted by atomic mass is 10.2. The fourth-order valence-corrected chi connectivity index (χ4v) is 1.63. The molecule has 0 atom stereocenters. The molecule has 0 spiro atoms. The van der Waals surface area contributed by atoms with Crippen LogP contribution < -0.4 is 5.32 Å². The van der Waals surface area contributed by atoms with E-state index in [0.29, 0.717) is 0 Å². The Hall–Kier alpha value is -1.20. The van der Waals surface area contributed by atoms with E-state index in [0.717, 1.165) is 22.3 Å². The average molecular weight is 267 g/mol. The first-order valence-corrected chi connectivity index (χ1v) is 5.38. The molecule has 5 heteroatoms. The van der Waals surface area contributed by atoms with Gasteiger partial charge in [-0.2, -0.15) is 5.10 Å². The second-order valence-electron chi connectivity index (χ2n) is 3.18. The maximum atomic E-state index is 4.20. The molecule has 2 rings (SSSR count). The van der Waals surface area contributed by atoms with E-state index in [2.05, 4.69) is 37.4 Å². The van der Waals surface area contributed by atoms with Crippen LogP contribution in [0.2, 0.25) is 0 Å². The standard InChI is InChI=1S/C10H11BrN4/c1-12-3-8-2-10(6-13-4-8)15-7-9(11)5-14-15/h2,4-7,12H,3H2,1H3. The Bertz CT molecular complexity index is 452. The van der Waals surface area contributed by atoms with Gasteiger partial charge in [-0.3, -0.25) is 4.98 Å². The van der Waals surface area contributed by atoms with Gasteiger partial charge in [0.25, 0.3) is 0 Å². The van der Waals surface area contributed by atoms with Gasteiger partial charge in [0.1, 0.15) is 0 Å². The van der Waals surface area contributed by atoms with Crippen LogP contribution >= 0.6 is 15.9 Å². The monoisotopic (exact) mass is 266 g/mol. The van der Waals surface area contributed by atoms with Crippen molar-refractivity contribution in [2.45, 2.75) is 6.54 Å². The molecule has 0 unspecified atom stereocenters. The van der Waals surface area contributed by atoms with Gasteiger partial charge in [-0.1, -0.05) is 0 Å². The number of pyridine rings is 1. The molecular formula is C10H11BrN4. The van der Waals surface area contributed by atoms with Crippen LogP contribution in [-0.2, 0) is 6.54 Å². The minimum Gasteiger partial charge on any atom is -0.316 e. The zero-order chi connectivity index (χ0) is 10.7. The zero-order valence-corrected chi connectivity index (χ0v) is 9.90. The van der Waals surface area contributed by atoms with E-state index in [-0.39, 0.29) is 0 Å². The van der Waals surface area contributed by atoms with E-state index in [4.69, 9.17) is 0 Å². The fraction of sp³-hybridized carbons (Fsp3) is 0.200. The van der Waals surface area contributed by atoms with Crippen LogP contribution in [0.25, 0.3) is 5.69 Å². The second-order valence-corrected chi connectivity index (χ2v) is 4.10. The number of halogens is 1. The van der Waals surface area contributed by atoms with Gasteiger partial charge in [0.2, 0.25) is 0 Å². The second kappa shape index (κ2) is 4.55. The van der Waals surface area contributed by atoms with Crippen molar-refractivity contribution in [1.82, 2.24) is 20.1 Å². The third kappa shape index (κ3) is 2.43. The van der Waals surface area contributed by atoms with Crippen LogP contribution in [0.5, 0.6) is 0 Å². The summed E-state index contributed by atoms with van der Waals surface area (Å²) in [4.78, 5) is 4.17. The van der Waals surface area contributed by atoms with Crippen LogP contribution in [-0.4, -0.2) is 21.8 Å². The van der Waals surface area contributed by atoms with E-state index >= 15 is 0 Å². The number of nitrogens with zero attached hydrogens (tertiary/aromatic N) is 3. The highest BCUT2D eigenvalue weighted by molar-refractivity contribution is 9.10. The topological polar surface area (TPSA) is 42.7 Å². The maximum Gasteiger partial charge on any atom is 0.0832 e. The summed E-state index contributed by atoms with van der Waals surface area (Å²) in [6.07, 6.45) is 7.29. The van der Waals surface area contributed by atoms with Crippen LogP contribution in [0.1, 0.15) is 5.56 Å². The molecule has 2 aromatic rings. The fourth-order valence-electron chi connectivity index (χ4n) is 1.34. The van der Waals surface area contributed by atoms with Gasteiger partial charge in [-0.15, -0.1) is 0 Å².